The van der Waals surface area contributed by atoms with Crippen molar-refractivity contribution in [3.63, 3.8) is 0 Å². The Hall–Kier alpha value is -1.12. The summed E-state index contributed by atoms with van der Waals surface area (Å²) >= 11 is 0. The molecule has 1 aromatic carbocycles. The van der Waals surface area contributed by atoms with Gasteiger partial charge in [0.1, 0.15) is 0 Å². The molecule has 22 heavy (non-hydrogen) atoms. The van der Waals surface area contributed by atoms with Gasteiger partial charge in [-0.15, -0.1) is 0 Å². The molecule has 0 unspecified atom stereocenters. The third-order valence-electron chi connectivity index (χ3n) is 3.72. The number of nitrogens with one attached hydrogen (secondary N) is 1. The second-order valence-corrected chi connectivity index (χ2v) is 7.19. The van der Waals surface area contributed by atoms with Crippen LogP contribution in [0.15, 0.2) is 17.0 Å². The fourth-order valence-corrected chi connectivity index (χ4v) is 4.43. The highest BCUT2D eigenvalue weighted by molar-refractivity contribution is 7.89. The van der Waals surface area contributed by atoms with Gasteiger partial charge in [-0.05, 0) is 44.5 Å². The van der Waals surface area contributed by atoms with E-state index in [1.807, 2.05) is 6.92 Å². The highest BCUT2D eigenvalue weighted by atomic mass is 32.2. The van der Waals surface area contributed by atoms with E-state index in [9.17, 15) is 21.6 Å². The number of hydrogen-bond acceptors (Lipinski definition) is 3. The summed E-state index contributed by atoms with van der Waals surface area (Å²) in [5, 5.41) is 3.14. The van der Waals surface area contributed by atoms with Crippen LogP contribution in [0.5, 0.6) is 0 Å². The Morgan fingerprint density at radius 3 is 2.23 bits per heavy atom. The Morgan fingerprint density at radius 1 is 1.18 bits per heavy atom. The maximum atomic E-state index is 13.4. The molecule has 0 spiro atoms. The molecule has 0 saturated carbocycles. The molecule has 0 bridgehead atoms. The molecule has 1 N–H and O–H groups in total. The molecule has 8 heteroatoms. The smallest absolute Gasteiger partial charge is 0.243 e. The van der Waals surface area contributed by atoms with Crippen LogP contribution in [0.1, 0.15) is 26.2 Å². The first-order valence-corrected chi connectivity index (χ1v) is 8.69. The van der Waals surface area contributed by atoms with Crippen LogP contribution in [-0.2, 0) is 10.0 Å². The Bertz CT molecular complexity index is 608. The third-order valence-corrected chi connectivity index (χ3v) is 5.65. The lowest BCUT2D eigenvalue weighted by Crippen LogP contribution is -2.46. The Labute approximate surface area is 128 Å². The second-order valence-electron chi connectivity index (χ2n) is 5.30. The highest BCUT2D eigenvalue weighted by Gasteiger charge is 2.32. The Morgan fingerprint density at radius 2 is 1.73 bits per heavy atom. The molecule has 0 radical (unpaired) electrons. The van der Waals surface area contributed by atoms with Crippen LogP contribution in [0.25, 0.3) is 0 Å². The average Bonchev–Trinajstić information content (AvgIpc) is 2.50. The third kappa shape index (κ3) is 3.44. The zero-order valence-electron chi connectivity index (χ0n) is 12.3. The molecular formula is C14H19F3N2O2S. The van der Waals surface area contributed by atoms with Crippen molar-refractivity contribution < 1.29 is 21.6 Å². The topological polar surface area (TPSA) is 49.4 Å². The van der Waals surface area contributed by atoms with Crippen LogP contribution in [0, 0.1) is 17.5 Å². The molecule has 1 aliphatic heterocycles. The molecular weight excluding hydrogens is 317 g/mol. The molecule has 4 nitrogen and oxygen atoms in total. The largest absolute Gasteiger partial charge is 0.317 e. The first kappa shape index (κ1) is 17.2. The minimum absolute atomic E-state index is 0.220. The zero-order valence-corrected chi connectivity index (χ0v) is 13.1. The molecule has 1 fully saturated rings. The molecule has 1 aromatic rings. The monoisotopic (exact) mass is 336 g/mol. The Balaban J connectivity index is 2.40. The van der Waals surface area contributed by atoms with E-state index in [1.54, 1.807) is 0 Å². The van der Waals surface area contributed by atoms with Crippen molar-refractivity contribution in [3.05, 3.63) is 29.6 Å². The van der Waals surface area contributed by atoms with Crippen molar-refractivity contribution in [2.24, 2.45) is 0 Å². The van der Waals surface area contributed by atoms with Gasteiger partial charge in [0.15, 0.2) is 17.5 Å². The van der Waals surface area contributed by atoms with E-state index in [1.165, 1.54) is 4.31 Å². The van der Waals surface area contributed by atoms with Gasteiger partial charge in [-0.3, -0.25) is 0 Å². The molecule has 2 rings (SSSR count). The van der Waals surface area contributed by atoms with Gasteiger partial charge in [-0.25, -0.2) is 21.6 Å². The summed E-state index contributed by atoms with van der Waals surface area (Å²) in [7, 11) is -4.07. The second kappa shape index (κ2) is 6.97. The molecule has 0 aliphatic carbocycles. The lowest BCUT2D eigenvalue weighted by molar-refractivity contribution is 0.262. The van der Waals surface area contributed by atoms with Gasteiger partial charge < -0.3 is 5.32 Å². The zero-order chi connectivity index (χ0) is 16.3. The van der Waals surface area contributed by atoms with Crippen LogP contribution < -0.4 is 5.32 Å². The molecule has 1 heterocycles. The van der Waals surface area contributed by atoms with Crippen molar-refractivity contribution in [2.45, 2.75) is 37.1 Å². The predicted molar refractivity (Wildman–Crippen MR) is 76.4 cm³/mol. The first-order chi connectivity index (χ1) is 10.4. The van der Waals surface area contributed by atoms with Crippen molar-refractivity contribution in [1.29, 1.82) is 0 Å². The maximum Gasteiger partial charge on any atom is 0.243 e. The first-order valence-electron chi connectivity index (χ1n) is 7.25. The number of piperidine rings is 1. The summed E-state index contributed by atoms with van der Waals surface area (Å²) in [4.78, 5) is -0.545. The average molecular weight is 336 g/mol. The van der Waals surface area contributed by atoms with E-state index in [4.69, 9.17) is 0 Å². The van der Waals surface area contributed by atoms with E-state index in [2.05, 4.69) is 5.32 Å². The number of hydrogen-bond donors (Lipinski definition) is 1. The van der Waals surface area contributed by atoms with Gasteiger partial charge in [-0.1, -0.05) is 6.92 Å². The standard InChI is InChI=1S/C14H19F3N2O2S/c1-2-7-19(10-3-5-18-6-4-10)22(20,21)11-8-12(15)14(17)13(16)9-11/h8-10,18H,2-7H2,1H3. The predicted octanol–water partition coefficient (Wildman–Crippen LogP) is 2.26. The van der Waals surface area contributed by atoms with Crippen molar-refractivity contribution in [2.75, 3.05) is 19.6 Å². The van der Waals surface area contributed by atoms with Gasteiger partial charge in [0.05, 0.1) is 4.90 Å². The van der Waals surface area contributed by atoms with Gasteiger partial charge in [0, 0.05) is 12.6 Å². The van der Waals surface area contributed by atoms with Gasteiger partial charge in [0.2, 0.25) is 10.0 Å². The van der Waals surface area contributed by atoms with E-state index < -0.39 is 32.4 Å². The Kier molecular flexibility index (Phi) is 5.46. The van der Waals surface area contributed by atoms with Crippen molar-refractivity contribution in [3.8, 4) is 0 Å². The summed E-state index contributed by atoms with van der Waals surface area (Å²) in [5.41, 5.74) is 0. The number of sulfonamides is 1. The van der Waals surface area contributed by atoms with Gasteiger partial charge >= 0.3 is 0 Å². The normalized spacial score (nSPS) is 17.1. The quantitative estimate of drug-likeness (QED) is 0.839. The molecule has 1 saturated heterocycles. The molecule has 1 aliphatic rings. The number of benzene rings is 1. The molecule has 124 valence electrons. The van der Waals surface area contributed by atoms with E-state index in [-0.39, 0.29) is 12.6 Å². The fraction of sp³-hybridized carbons (Fsp3) is 0.571. The highest BCUT2D eigenvalue weighted by Crippen LogP contribution is 2.25. The van der Waals surface area contributed by atoms with E-state index >= 15 is 0 Å². The summed E-state index contributed by atoms with van der Waals surface area (Å²) in [5.74, 6) is -4.66. The van der Waals surface area contributed by atoms with E-state index in [0.717, 1.165) is 0 Å². The fourth-order valence-electron chi connectivity index (χ4n) is 2.63. The van der Waals surface area contributed by atoms with Crippen LogP contribution in [0.3, 0.4) is 0 Å². The lowest BCUT2D eigenvalue weighted by Gasteiger charge is -2.33. The van der Waals surface area contributed by atoms with Crippen LogP contribution in [-0.4, -0.2) is 38.4 Å². The van der Waals surface area contributed by atoms with Gasteiger partial charge in [-0.2, -0.15) is 4.31 Å². The molecule has 0 atom stereocenters. The maximum absolute atomic E-state index is 13.4. The van der Waals surface area contributed by atoms with Crippen LogP contribution in [0.4, 0.5) is 13.2 Å². The molecule has 0 amide bonds. The van der Waals surface area contributed by atoms with Crippen LogP contribution >= 0.6 is 0 Å². The molecule has 0 aromatic heterocycles. The summed E-state index contributed by atoms with van der Waals surface area (Å²) < 4.78 is 66.4. The lowest BCUT2D eigenvalue weighted by atomic mass is 10.1. The summed E-state index contributed by atoms with van der Waals surface area (Å²) in [6.07, 6.45) is 1.84. The minimum Gasteiger partial charge on any atom is -0.317 e. The van der Waals surface area contributed by atoms with Crippen molar-refractivity contribution in [1.82, 2.24) is 9.62 Å². The summed E-state index contributed by atoms with van der Waals surface area (Å²) in [6, 6.07) is 0.858. The van der Waals surface area contributed by atoms with Gasteiger partial charge in [0.25, 0.3) is 0 Å². The number of rotatable bonds is 5. The van der Waals surface area contributed by atoms with E-state index in [0.29, 0.717) is 44.5 Å². The number of halogens is 3. The van der Waals surface area contributed by atoms with Crippen LogP contribution in [0.2, 0.25) is 0 Å². The number of nitrogens with zero attached hydrogens (tertiary/aromatic N) is 1. The van der Waals surface area contributed by atoms with Crippen molar-refractivity contribution >= 4 is 10.0 Å². The minimum atomic E-state index is -4.07. The SMILES string of the molecule is CCCN(C1CCNCC1)S(=O)(=O)c1cc(F)c(F)c(F)c1. The summed E-state index contributed by atoms with van der Waals surface area (Å²) in [6.45, 7) is 3.46.